The molecule has 3 rings (SSSR count). The van der Waals surface area contributed by atoms with Crippen LogP contribution in [-0.4, -0.2) is 36.3 Å². The predicted molar refractivity (Wildman–Crippen MR) is 107 cm³/mol. The molecule has 142 valence electrons. The van der Waals surface area contributed by atoms with Crippen LogP contribution in [0, 0.1) is 0 Å². The van der Waals surface area contributed by atoms with E-state index in [9.17, 15) is 9.59 Å². The van der Waals surface area contributed by atoms with E-state index in [2.05, 4.69) is 27.7 Å². The molecule has 0 radical (unpaired) electrons. The van der Waals surface area contributed by atoms with Gasteiger partial charge in [0.15, 0.2) is 0 Å². The van der Waals surface area contributed by atoms with Gasteiger partial charge in [-0.05, 0) is 49.2 Å². The number of anilines is 1. The van der Waals surface area contributed by atoms with Crippen LogP contribution in [0.3, 0.4) is 0 Å². The minimum atomic E-state index is -0.104. The standard InChI is InChI=1S/C22H27N3O2/c1-17(26)23-20-11-9-18(10-12-20)15-22(27)24-21(16-25-13-5-6-14-25)19-7-3-2-4-8-19/h2-4,7-12,21H,5-6,13-16H2,1H3,(H,23,26)(H,24,27). The molecule has 0 aliphatic carbocycles. The van der Waals surface area contributed by atoms with Gasteiger partial charge in [0, 0.05) is 19.2 Å². The molecule has 0 aromatic heterocycles. The van der Waals surface area contributed by atoms with Gasteiger partial charge in [-0.25, -0.2) is 0 Å². The van der Waals surface area contributed by atoms with Crippen molar-refractivity contribution in [3.05, 3.63) is 65.7 Å². The smallest absolute Gasteiger partial charge is 0.224 e. The summed E-state index contributed by atoms with van der Waals surface area (Å²) in [6.45, 7) is 4.52. The summed E-state index contributed by atoms with van der Waals surface area (Å²) in [5, 5.41) is 5.94. The highest BCUT2D eigenvalue weighted by atomic mass is 16.2. The van der Waals surface area contributed by atoms with Crippen LogP contribution in [0.25, 0.3) is 0 Å². The van der Waals surface area contributed by atoms with Gasteiger partial charge in [0.25, 0.3) is 0 Å². The Morgan fingerprint density at radius 1 is 1.00 bits per heavy atom. The number of likely N-dealkylation sites (tertiary alicyclic amines) is 1. The Labute approximate surface area is 160 Å². The molecule has 2 amide bonds. The number of rotatable bonds is 7. The van der Waals surface area contributed by atoms with E-state index in [1.54, 1.807) is 0 Å². The molecule has 27 heavy (non-hydrogen) atoms. The number of carbonyl (C=O) groups is 2. The van der Waals surface area contributed by atoms with Crippen LogP contribution in [0.5, 0.6) is 0 Å². The summed E-state index contributed by atoms with van der Waals surface area (Å²) >= 11 is 0. The summed E-state index contributed by atoms with van der Waals surface area (Å²) in [7, 11) is 0. The van der Waals surface area contributed by atoms with Crippen LogP contribution in [0.2, 0.25) is 0 Å². The lowest BCUT2D eigenvalue weighted by Gasteiger charge is -2.25. The van der Waals surface area contributed by atoms with Gasteiger partial charge in [-0.3, -0.25) is 9.59 Å². The van der Waals surface area contributed by atoms with E-state index >= 15 is 0 Å². The van der Waals surface area contributed by atoms with Gasteiger partial charge in [0.2, 0.25) is 11.8 Å². The molecule has 2 aromatic rings. The molecule has 5 heteroatoms. The molecule has 2 N–H and O–H groups in total. The van der Waals surface area contributed by atoms with Crippen molar-refractivity contribution in [2.24, 2.45) is 0 Å². The Morgan fingerprint density at radius 2 is 1.67 bits per heavy atom. The Kier molecular flexibility index (Phi) is 6.60. The van der Waals surface area contributed by atoms with Gasteiger partial charge < -0.3 is 15.5 Å². The van der Waals surface area contributed by atoms with Gasteiger partial charge in [-0.15, -0.1) is 0 Å². The Balaban J connectivity index is 1.62. The zero-order valence-corrected chi connectivity index (χ0v) is 15.8. The summed E-state index contributed by atoms with van der Waals surface area (Å²) in [5.74, 6) is -0.0940. The molecular formula is C22H27N3O2. The van der Waals surface area contributed by atoms with E-state index < -0.39 is 0 Å². The largest absolute Gasteiger partial charge is 0.348 e. The van der Waals surface area contributed by atoms with Crippen molar-refractivity contribution in [2.45, 2.75) is 32.2 Å². The van der Waals surface area contributed by atoms with Crippen molar-refractivity contribution in [2.75, 3.05) is 25.0 Å². The van der Waals surface area contributed by atoms with Gasteiger partial charge in [-0.2, -0.15) is 0 Å². The van der Waals surface area contributed by atoms with Gasteiger partial charge in [-0.1, -0.05) is 42.5 Å². The SMILES string of the molecule is CC(=O)Nc1ccc(CC(=O)NC(CN2CCCC2)c2ccccc2)cc1. The zero-order valence-electron chi connectivity index (χ0n) is 15.8. The quantitative estimate of drug-likeness (QED) is 0.792. The maximum absolute atomic E-state index is 12.6. The number of carbonyl (C=O) groups excluding carboxylic acids is 2. The number of nitrogens with one attached hydrogen (secondary N) is 2. The van der Waals surface area contributed by atoms with Crippen molar-refractivity contribution in [3.8, 4) is 0 Å². The number of amides is 2. The minimum Gasteiger partial charge on any atom is -0.348 e. The van der Waals surface area contributed by atoms with Crippen molar-refractivity contribution >= 4 is 17.5 Å². The highest BCUT2D eigenvalue weighted by Gasteiger charge is 2.20. The fraction of sp³-hybridized carbons (Fsp3) is 0.364. The normalized spacial score (nSPS) is 15.3. The van der Waals surface area contributed by atoms with Crippen LogP contribution in [0.4, 0.5) is 5.69 Å². The van der Waals surface area contributed by atoms with Crippen LogP contribution < -0.4 is 10.6 Å². The second kappa shape index (κ2) is 9.33. The van der Waals surface area contributed by atoms with Crippen LogP contribution in [-0.2, 0) is 16.0 Å². The van der Waals surface area contributed by atoms with Gasteiger partial charge >= 0.3 is 0 Å². The maximum Gasteiger partial charge on any atom is 0.224 e. The maximum atomic E-state index is 12.6. The Hall–Kier alpha value is -2.66. The number of nitrogens with zero attached hydrogens (tertiary/aromatic N) is 1. The van der Waals surface area contributed by atoms with E-state index in [1.165, 1.54) is 19.8 Å². The first-order valence-corrected chi connectivity index (χ1v) is 9.53. The van der Waals surface area contributed by atoms with Gasteiger partial charge in [0.05, 0.1) is 12.5 Å². The summed E-state index contributed by atoms with van der Waals surface area (Å²) < 4.78 is 0. The average molecular weight is 365 g/mol. The van der Waals surface area contributed by atoms with E-state index in [1.807, 2.05) is 42.5 Å². The molecule has 0 saturated carbocycles. The van der Waals surface area contributed by atoms with Crippen LogP contribution >= 0.6 is 0 Å². The third-order valence-electron chi connectivity index (χ3n) is 4.82. The molecule has 1 unspecified atom stereocenters. The molecule has 5 nitrogen and oxygen atoms in total. The van der Waals surface area contributed by atoms with E-state index in [-0.39, 0.29) is 17.9 Å². The van der Waals surface area contributed by atoms with Crippen LogP contribution in [0.15, 0.2) is 54.6 Å². The predicted octanol–water partition coefficient (Wildman–Crippen LogP) is 3.14. The first-order valence-electron chi connectivity index (χ1n) is 9.53. The van der Waals surface area contributed by atoms with E-state index in [0.29, 0.717) is 6.42 Å². The van der Waals surface area contributed by atoms with E-state index in [0.717, 1.165) is 36.4 Å². The molecule has 1 saturated heterocycles. The molecule has 0 spiro atoms. The second-order valence-corrected chi connectivity index (χ2v) is 7.09. The molecule has 0 bridgehead atoms. The second-order valence-electron chi connectivity index (χ2n) is 7.09. The first-order chi connectivity index (χ1) is 13.1. The fourth-order valence-corrected chi connectivity index (χ4v) is 3.48. The first kappa shape index (κ1) is 19.1. The van der Waals surface area contributed by atoms with Crippen molar-refractivity contribution in [1.29, 1.82) is 0 Å². The lowest BCUT2D eigenvalue weighted by molar-refractivity contribution is -0.121. The molecule has 1 aliphatic heterocycles. The molecule has 1 atom stereocenters. The van der Waals surface area contributed by atoms with E-state index in [4.69, 9.17) is 0 Å². The Bertz CT molecular complexity index is 753. The van der Waals surface area contributed by atoms with Crippen molar-refractivity contribution < 1.29 is 9.59 Å². The Morgan fingerprint density at radius 3 is 2.30 bits per heavy atom. The van der Waals surface area contributed by atoms with Crippen LogP contribution in [0.1, 0.15) is 36.9 Å². The lowest BCUT2D eigenvalue weighted by Crippen LogP contribution is -2.37. The molecule has 1 aliphatic rings. The molecule has 2 aromatic carbocycles. The minimum absolute atomic E-state index is 0.00421. The monoisotopic (exact) mass is 365 g/mol. The molecule has 1 fully saturated rings. The summed E-state index contributed by atoms with van der Waals surface area (Å²) in [6.07, 6.45) is 2.79. The number of benzene rings is 2. The van der Waals surface area contributed by atoms with Crippen molar-refractivity contribution in [1.82, 2.24) is 10.2 Å². The highest BCUT2D eigenvalue weighted by Crippen LogP contribution is 2.18. The number of hydrogen-bond donors (Lipinski definition) is 2. The highest BCUT2D eigenvalue weighted by molar-refractivity contribution is 5.88. The topological polar surface area (TPSA) is 61.4 Å². The number of hydrogen-bond acceptors (Lipinski definition) is 3. The summed E-state index contributed by atoms with van der Waals surface area (Å²) in [5.41, 5.74) is 2.80. The molecular weight excluding hydrogens is 338 g/mol. The lowest BCUT2D eigenvalue weighted by atomic mass is 10.1. The molecule has 1 heterocycles. The zero-order chi connectivity index (χ0) is 19.1. The summed E-state index contributed by atoms with van der Waals surface area (Å²) in [4.78, 5) is 26.1. The third kappa shape index (κ3) is 5.93. The van der Waals surface area contributed by atoms with Crippen molar-refractivity contribution in [3.63, 3.8) is 0 Å². The fourth-order valence-electron chi connectivity index (χ4n) is 3.48. The third-order valence-corrected chi connectivity index (χ3v) is 4.82. The summed E-state index contributed by atoms with van der Waals surface area (Å²) in [6, 6.07) is 17.6. The average Bonchev–Trinajstić information content (AvgIpc) is 3.16. The van der Waals surface area contributed by atoms with Gasteiger partial charge in [0.1, 0.15) is 0 Å².